The number of hydrogen-bond donors (Lipinski definition) is 4. The van der Waals surface area contributed by atoms with Crippen molar-refractivity contribution in [3.8, 4) is 0 Å². The number of methoxy groups -OCH3 is 1. The number of alkyl halides is 3. The van der Waals surface area contributed by atoms with Gasteiger partial charge in [0.1, 0.15) is 0 Å². The lowest BCUT2D eigenvalue weighted by atomic mass is 9.70. The molecule has 0 saturated heterocycles. The Morgan fingerprint density at radius 3 is 2.00 bits per heavy atom. The van der Waals surface area contributed by atoms with E-state index in [1.807, 2.05) is 0 Å². The van der Waals surface area contributed by atoms with Crippen molar-refractivity contribution in [2.75, 3.05) is 12.4 Å². The van der Waals surface area contributed by atoms with Crippen LogP contribution in [0.4, 0.5) is 18.9 Å². The van der Waals surface area contributed by atoms with Crippen molar-refractivity contribution in [3.05, 3.63) is 29.8 Å². The summed E-state index contributed by atoms with van der Waals surface area (Å²) in [5, 5.41) is 12.8. The van der Waals surface area contributed by atoms with Crippen molar-refractivity contribution in [2.24, 2.45) is 35.1 Å². The maximum atomic E-state index is 13.6. The molecule has 0 aliphatic heterocycles. The molecular formula is C23H34F3N3O5. The van der Waals surface area contributed by atoms with Gasteiger partial charge in [-0.1, -0.05) is 27.7 Å². The van der Waals surface area contributed by atoms with Crippen LogP contribution in [-0.4, -0.2) is 47.8 Å². The summed E-state index contributed by atoms with van der Waals surface area (Å²) >= 11 is 0. The van der Waals surface area contributed by atoms with E-state index in [1.165, 1.54) is 45.2 Å². The van der Waals surface area contributed by atoms with Crippen LogP contribution in [0.15, 0.2) is 24.3 Å². The number of hydrogen-bond acceptors (Lipinski definition) is 7. The van der Waals surface area contributed by atoms with Gasteiger partial charge in [-0.15, -0.1) is 0 Å². The van der Waals surface area contributed by atoms with Gasteiger partial charge in [-0.25, -0.2) is 4.79 Å². The van der Waals surface area contributed by atoms with Gasteiger partial charge in [0, 0.05) is 23.9 Å². The van der Waals surface area contributed by atoms with Crippen LogP contribution in [0.2, 0.25) is 0 Å². The summed E-state index contributed by atoms with van der Waals surface area (Å²) < 4.78 is 45.4. The van der Waals surface area contributed by atoms with E-state index in [1.54, 1.807) is 13.8 Å². The smallest absolute Gasteiger partial charge is 0.431 e. The van der Waals surface area contributed by atoms with Crippen LogP contribution in [0.25, 0.3) is 0 Å². The van der Waals surface area contributed by atoms with Gasteiger partial charge in [0.05, 0.1) is 18.7 Å². The second kappa shape index (κ2) is 11.8. The largest absolute Gasteiger partial charge is 0.465 e. The fourth-order valence-corrected chi connectivity index (χ4v) is 3.86. The van der Waals surface area contributed by atoms with Crippen LogP contribution in [-0.2, 0) is 14.3 Å². The highest BCUT2D eigenvalue weighted by Gasteiger charge is 2.59. The number of esters is 1. The molecule has 0 aliphatic rings. The number of halogens is 3. The van der Waals surface area contributed by atoms with Crippen LogP contribution in [0, 0.1) is 23.7 Å². The van der Waals surface area contributed by atoms with Gasteiger partial charge in [-0.2, -0.15) is 13.2 Å². The lowest BCUT2D eigenvalue weighted by molar-refractivity contribution is -0.287. The fourth-order valence-electron chi connectivity index (χ4n) is 3.86. The molecule has 1 aromatic carbocycles. The normalized spacial score (nSPS) is 16.5. The molecule has 0 heterocycles. The molecule has 11 heteroatoms. The first-order chi connectivity index (χ1) is 15.5. The number of amides is 1. The Bertz CT molecular complexity index is 854. The van der Waals surface area contributed by atoms with Crippen LogP contribution in [0.3, 0.4) is 0 Å². The molecule has 4 atom stereocenters. The second-order valence-electron chi connectivity index (χ2n) is 9.03. The monoisotopic (exact) mass is 489 g/mol. The maximum Gasteiger partial charge on any atom is 0.431 e. The topological polar surface area (TPSA) is 145 Å². The predicted molar refractivity (Wildman–Crippen MR) is 120 cm³/mol. The number of nitrogens with two attached hydrogens (primary N) is 2. The predicted octanol–water partition coefficient (Wildman–Crippen LogP) is 2.84. The van der Waals surface area contributed by atoms with Crippen molar-refractivity contribution in [1.29, 1.82) is 0 Å². The first-order valence-electron chi connectivity index (χ1n) is 10.9. The number of ketones is 1. The molecule has 6 N–H and O–H groups in total. The maximum absolute atomic E-state index is 13.6. The lowest BCUT2D eigenvalue weighted by Gasteiger charge is -2.41. The highest BCUT2D eigenvalue weighted by molar-refractivity contribution is 5.93. The van der Waals surface area contributed by atoms with E-state index >= 15 is 0 Å². The number of Topliss-reactive ketones (excluding diaryl/α,β-unsaturated/α-hetero) is 1. The summed E-state index contributed by atoms with van der Waals surface area (Å²) in [6, 6.07) is 4.69. The Morgan fingerprint density at radius 2 is 1.59 bits per heavy atom. The third-order valence-electron chi connectivity index (χ3n) is 5.80. The molecular weight excluding hydrogens is 455 g/mol. The molecule has 192 valence electrons. The van der Waals surface area contributed by atoms with E-state index in [-0.39, 0.29) is 24.3 Å². The Morgan fingerprint density at radius 1 is 1.06 bits per heavy atom. The molecule has 1 rings (SSSR count). The van der Waals surface area contributed by atoms with Gasteiger partial charge in [0.25, 0.3) is 0 Å². The molecule has 0 aromatic heterocycles. The molecule has 0 spiro atoms. The SMILES string of the molecule is COC(=O)c1ccc(NC(=O)CCC(C(=O)[C@@H](N)C(C)C)C(C(C)C)C(N)(O)C(F)(F)F)cc1. The summed E-state index contributed by atoms with van der Waals surface area (Å²) in [4.78, 5) is 37.1. The fraction of sp³-hybridized carbons (Fsp3) is 0.609. The number of anilines is 1. The van der Waals surface area contributed by atoms with Crippen LogP contribution in [0.5, 0.6) is 0 Å². The summed E-state index contributed by atoms with van der Waals surface area (Å²) in [6.45, 7) is 6.12. The number of ether oxygens (including phenoxy) is 1. The van der Waals surface area contributed by atoms with E-state index in [0.717, 1.165) is 0 Å². The summed E-state index contributed by atoms with van der Waals surface area (Å²) in [6.07, 6.45) is -5.83. The minimum Gasteiger partial charge on any atom is -0.465 e. The van der Waals surface area contributed by atoms with Crippen molar-refractivity contribution in [2.45, 2.75) is 58.5 Å². The van der Waals surface area contributed by atoms with Crippen molar-refractivity contribution in [3.63, 3.8) is 0 Å². The Kier molecular flexibility index (Phi) is 10.2. The molecule has 0 saturated carbocycles. The third-order valence-corrected chi connectivity index (χ3v) is 5.80. The van der Waals surface area contributed by atoms with Crippen molar-refractivity contribution >= 4 is 23.3 Å². The van der Waals surface area contributed by atoms with E-state index < -0.39 is 53.4 Å². The number of carbonyl (C=O) groups excluding carboxylic acids is 3. The number of rotatable bonds is 11. The Balaban J connectivity index is 3.13. The molecule has 3 unspecified atom stereocenters. The minimum absolute atomic E-state index is 0.267. The van der Waals surface area contributed by atoms with Gasteiger partial charge < -0.3 is 20.9 Å². The number of aliphatic hydroxyl groups is 1. The summed E-state index contributed by atoms with van der Waals surface area (Å²) in [5.74, 6) is -6.19. The van der Waals surface area contributed by atoms with Crippen molar-refractivity contribution < 1.29 is 37.4 Å². The molecule has 0 bridgehead atoms. The number of carbonyl (C=O) groups is 3. The van der Waals surface area contributed by atoms with E-state index in [0.29, 0.717) is 5.69 Å². The first kappa shape index (κ1) is 29.5. The molecule has 34 heavy (non-hydrogen) atoms. The molecule has 8 nitrogen and oxygen atoms in total. The minimum atomic E-state index is -5.20. The van der Waals surface area contributed by atoms with E-state index in [2.05, 4.69) is 10.1 Å². The first-order valence-corrected chi connectivity index (χ1v) is 10.9. The van der Waals surface area contributed by atoms with Gasteiger partial charge in [-0.3, -0.25) is 15.3 Å². The number of nitrogens with one attached hydrogen (secondary N) is 1. The van der Waals surface area contributed by atoms with Gasteiger partial charge in [0.15, 0.2) is 5.78 Å². The molecule has 0 aliphatic carbocycles. The lowest BCUT2D eigenvalue weighted by Crippen LogP contribution is -2.63. The Labute approximate surface area is 197 Å². The quantitative estimate of drug-likeness (QED) is 0.276. The van der Waals surface area contributed by atoms with Gasteiger partial charge in [0.2, 0.25) is 11.6 Å². The van der Waals surface area contributed by atoms with E-state index in [4.69, 9.17) is 11.5 Å². The van der Waals surface area contributed by atoms with Crippen LogP contribution >= 0.6 is 0 Å². The summed E-state index contributed by atoms with van der Waals surface area (Å²) in [5.41, 5.74) is 8.22. The number of benzene rings is 1. The molecule has 1 amide bonds. The zero-order chi connectivity index (χ0) is 26.4. The molecule has 0 fully saturated rings. The summed E-state index contributed by atoms with van der Waals surface area (Å²) in [7, 11) is 1.23. The van der Waals surface area contributed by atoms with Gasteiger partial charge >= 0.3 is 12.1 Å². The molecule has 0 radical (unpaired) electrons. The highest BCUT2D eigenvalue weighted by atomic mass is 19.4. The standard InChI is InChI=1S/C23H34F3N3O5/c1-12(2)18(22(28,33)23(24,25)26)16(20(31)19(27)13(3)4)10-11-17(30)29-15-8-6-14(7-9-15)21(32)34-5/h6-9,12-13,16,18-19,33H,10-11,27-28H2,1-5H3,(H,29,30)/t16?,18?,19-,22?/m0/s1. The third kappa shape index (κ3) is 7.25. The highest BCUT2D eigenvalue weighted by Crippen LogP contribution is 2.42. The zero-order valence-electron chi connectivity index (χ0n) is 20.0. The zero-order valence-corrected chi connectivity index (χ0v) is 20.0. The average Bonchev–Trinajstić information content (AvgIpc) is 2.73. The van der Waals surface area contributed by atoms with Crippen LogP contribution < -0.4 is 16.8 Å². The van der Waals surface area contributed by atoms with Crippen LogP contribution in [0.1, 0.15) is 50.9 Å². The van der Waals surface area contributed by atoms with Crippen molar-refractivity contribution in [1.82, 2.24) is 0 Å². The molecule has 1 aromatic rings. The second-order valence-corrected chi connectivity index (χ2v) is 9.03. The Hall–Kier alpha value is -2.50. The average molecular weight is 490 g/mol. The van der Waals surface area contributed by atoms with Gasteiger partial charge in [-0.05, 0) is 42.5 Å². The van der Waals surface area contributed by atoms with E-state index in [9.17, 15) is 32.7 Å².